The highest BCUT2D eigenvalue weighted by Gasteiger charge is 2.53. The van der Waals surface area contributed by atoms with E-state index in [1.165, 1.54) is 5.56 Å². The summed E-state index contributed by atoms with van der Waals surface area (Å²) in [5.74, 6) is 0.259. The minimum absolute atomic E-state index is 0.0832. The second-order valence-electron chi connectivity index (χ2n) is 6.11. The zero-order valence-electron chi connectivity index (χ0n) is 11.2. The Labute approximate surface area is 113 Å². The van der Waals surface area contributed by atoms with Crippen LogP contribution in [0.2, 0.25) is 0 Å². The van der Waals surface area contributed by atoms with Crippen molar-refractivity contribution in [3.05, 3.63) is 35.9 Å². The number of hydrogen-bond acceptors (Lipinski definition) is 2. The average Bonchev–Trinajstić information content (AvgIpc) is 3.19. The Kier molecular flexibility index (Phi) is 2.92. The van der Waals surface area contributed by atoms with Gasteiger partial charge in [0, 0.05) is 12.3 Å². The van der Waals surface area contributed by atoms with Crippen molar-refractivity contribution < 1.29 is 9.59 Å². The van der Waals surface area contributed by atoms with Gasteiger partial charge in [0.2, 0.25) is 11.8 Å². The van der Waals surface area contributed by atoms with Gasteiger partial charge in [0.25, 0.3) is 0 Å². The summed E-state index contributed by atoms with van der Waals surface area (Å²) in [5, 5.41) is 2.51. The van der Waals surface area contributed by atoms with E-state index in [1.807, 2.05) is 18.2 Å². The van der Waals surface area contributed by atoms with Crippen molar-refractivity contribution in [2.24, 2.45) is 17.3 Å². The van der Waals surface area contributed by atoms with Crippen LogP contribution < -0.4 is 5.32 Å². The number of carbonyl (C=O) groups is 2. The minimum Gasteiger partial charge on any atom is -0.296 e. The first-order valence-electron chi connectivity index (χ1n) is 6.97. The topological polar surface area (TPSA) is 46.2 Å². The molecule has 1 aromatic rings. The number of rotatable bonds is 3. The first kappa shape index (κ1) is 12.4. The number of hydrogen-bond donors (Lipinski definition) is 1. The molecule has 100 valence electrons. The molecule has 0 radical (unpaired) electrons. The molecular weight excluding hydrogens is 238 g/mol. The number of piperidine rings is 1. The SMILES string of the molecule is CC1(C2CC2)CC(=O)NC(=O)C1Cc1ccccc1. The predicted molar refractivity (Wildman–Crippen MR) is 72.2 cm³/mol. The predicted octanol–water partition coefficient (Wildman–Crippen LogP) is 2.31. The lowest BCUT2D eigenvalue weighted by Crippen LogP contribution is -2.52. The smallest absolute Gasteiger partial charge is 0.230 e. The van der Waals surface area contributed by atoms with Gasteiger partial charge >= 0.3 is 0 Å². The molecule has 19 heavy (non-hydrogen) atoms. The Morgan fingerprint density at radius 3 is 2.53 bits per heavy atom. The van der Waals surface area contributed by atoms with Crippen molar-refractivity contribution in [3.8, 4) is 0 Å². The first-order chi connectivity index (χ1) is 9.09. The molecule has 1 aliphatic carbocycles. The maximum atomic E-state index is 12.2. The van der Waals surface area contributed by atoms with Crippen molar-refractivity contribution in [1.29, 1.82) is 0 Å². The van der Waals surface area contributed by atoms with Crippen molar-refractivity contribution in [2.75, 3.05) is 0 Å². The second kappa shape index (κ2) is 4.48. The lowest BCUT2D eigenvalue weighted by Gasteiger charge is -2.40. The van der Waals surface area contributed by atoms with Gasteiger partial charge in [-0.3, -0.25) is 14.9 Å². The number of benzene rings is 1. The zero-order chi connectivity index (χ0) is 13.5. The van der Waals surface area contributed by atoms with Crippen LogP contribution in [0.1, 0.15) is 31.7 Å². The third-order valence-electron chi connectivity index (χ3n) is 4.71. The standard InChI is InChI=1S/C16H19NO2/c1-16(12-7-8-12)10-14(18)17-15(19)13(16)9-11-5-3-2-4-6-11/h2-6,12-13H,7-10H2,1H3,(H,17,18,19). The van der Waals surface area contributed by atoms with Crippen LogP contribution in [0.15, 0.2) is 30.3 Å². The van der Waals surface area contributed by atoms with E-state index in [1.54, 1.807) is 0 Å². The summed E-state index contributed by atoms with van der Waals surface area (Å²) in [6.45, 7) is 2.12. The molecular formula is C16H19NO2. The van der Waals surface area contributed by atoms with E-state index in [4.69, 9.17) is 0 Å². The van der Waals surface area contributed by atoms with Gasteiger partial charge in [-0.05, 0) is 36.2 Å². The van der Waals surface area contributed by atoms with Gasteiger partial charge in [-0.15, -0.1) is 0 Å². The highest BCUT2D eigenvalue weighted by molar-refractivity contribution is 5.99. The molecule has 0 spiro atoms. The van der Waals surface area contributed by atoms with Crippen LogP contribution in [-0.4, -0.2) is 11.8 Å². The van der Waals surface area contributed by atoms with E-state index >= 15 is 0 Å². The van der Waals surface area contributed by atoms with Crippen LogP contribution >= 0.6 is 0 Å². The largest absolute Gasteiger partial charge is 0.296 e. The molecule has 3 nitrogen and oxygen atoms in total. The summed E-state index contributed by atoms with van der Waals surface area (Å²) in [5.41, 5.74) is 1.01. The Bertz CT molecular complexity index is 507. The lowest BCUT2D eigenvalue weighted by atomic mass is 9.66. The maximum Gasteiger partial charge on any atom is 0.230 e. The molecule has 2 aliphatic rings. The lowest BCUT2D eigenvalue weighted by molar-refractivity contribution is -0.144. The van der Waals surface area contributed by atoms with Crippen LogP contribution in [0.3, 0.4) is 0 Å². The number of nitrogens with one attached hydrogen (secondary N) is 1. The number of carbonyl (C=O) groups excluding carboxylic acids is 2. The van der Waals surface area contributed by atoms with Gasteiger partial charge in [-0.2, -0.15) is 0 Å². The molecule has 1 aliphatic heterocycles. The monoisotopic (exact) mass is 257 g/mol. The van der Waals surface area contributed by atoms with Gasteiger partial charge in [-0.1, -0.05) is 37.3 Å². The van der Waals surface area contributed by atoms with E-state index in [9.17, 15) is 9.59 Å². The zero-order valence-corrected chi connectivity index (χ0v) is 11.2. The van der Waals surface area contributed by atoms with Gasteiger partial charge < -0.3 is 0 Å². The van der Waals surface area contributed by atoms with Crippen LogP contribution in [0, 0.1) is 17.3 Å². The Balaban J connectivity index is 1.87. The van der Waals surface area contributed by atoms with Gasteiger partial charge in [0.1, 0.15) is 0 Å². The summed E-state index contributed by atoms with van der Waals surface area (Å²) >= 11 is 0. The fourth-order valence-corrected chi connectivity index (χ4v) is 3.38. The highest BCUT2D eigenvalue weighted by Crippen LogP contribution is 2.54. The third kappa shape index (κ3) is 2.29. The molecule has 2 fully saturated rings. The van der Waals surface area contributed by atoms with E-state index in [0.29, 0.717) is 12.3 Å². The molecule has 2 atom stereocenters. The van der Waals surface area contributed by atoms with Crippen LogP contribution in [-0.2, 0) is 16.0 Å². The quantitative estimate of drug-likeness (QED) is 0.845. The van der Waals surface area contributed by atoms with Crippen molar-refractivity contribution >= 4 is 11.8 Å². The minimum atomic E-state index is -0.157. The summed E-state index contributed by atoms with van der Waals surface area (Å²) in [6, 6.07) is 10.1. The fourth-order valence-electron chi connectivity index (χ4n) is 3.38. The van der Waals surface area contributed by atoms with Gasteiger partial charge in [-0.25, -0.2) is 0 Å². The Morgan fingerprint density at radius 2 is 1.89 bits per heavy atom. The summed E-state index contributed by atoms with van der Waals surface area (Å²) in [7, 11) is 0. The van der Waals surface area contributed by atoms with Crippen molar-refractivity contribution in [2.45, 2.75) is 32.6 Å². The molecule has 1 saturated heterocycles. The summed E-state index contributed by atoms with van der Waals surface area (Å²) < 4.78 is 0. The van der Waals surface area contributed by atoms with Crippen molar-refractivity contribution in [1.82, 2.24) is 5.32 Å². The van der Waals surface area contributed by atoms with E-state index in [0.717, 1.165) is 19.3 Å². The van der Waals surface area contributed by atoms with E-state index < -0.39 is 0 Å². The molecule has 1 saturated carbocycles. The van der Waals surface area contributed by atoms with Crippen LogP contribution in [0.4, 0.5) is 0 Å². The summed E-state index contributed by atoms with van der Waals surface area (Å²) in [4.78, 5) is 23.9. The van der Waals surface area contributed by atoms with Crippen LogP contribution in [0.5, 0.6) is 0 Å². The fraction of sp³-hybridized carbons (Fsp3) is 0.500. The normalized spacial score (nSPS) is 31.1. The molecule has 2 amide bonds. The first-order valence-corrected chi connectivity index (χ1v) is 6.97. The van der Waals surface area contributed by atoms with E-state index in [2.05, 4.69) is 24.4 Å². The molecule has 0 bridgehead atoms. The van der Waals surface area contributed by atoms with Crippen LogP contribution in [0.25, 0.3) is 0 Å². The molecule has 1 N–H and O–H groups in total. The van der Waals surface area contributed by atoms with Gasteiger partial charge in [0.15, 0.2) is 0 Å². The highest BCUT2D eigenvalue weighted by atomic mass is 16.2. The number of amides is 2. The molecule has 1 aromatic carbocycles. The van der Waals surface area contributed by atoms with E-state index in [-0.39, 0.29) is 23.1 Å². The van der Waals surface area contributed by atoms with Crippen molar-refractivity contribution in [3.63, 3.8) is 0 Å². The average molecular weight is 257 g/mol. The molecule has 1 heterocycles. The molecule has 3 rings (SSSR count). The second-order valence-corrected chi connectivity index (χ2v) is 6.11. The molecule has 2 unspecified atom stereocenters. The number of imide groups is 1. The Hall–Kier alpha value is -1.64. The third-order valence-corrected chi connectivity index (χ3v) is 4.71. The molecule has 3 heteroatoms. The Morgan fingerprint density at radius 1 is 1.21 bits per heavy atom. The molecule has 0 aromatic heterocycles. The maximum absolute atomic E-state index is 12.2. The summed E-state index contributed by atoms with van der Waals surface area (Å²) in [6.07, 6.45) is 3.53. The van der Waals surface area contributed by atoms with Gasteiger partial charge in [0.05, 0.1) is 0 Å².